The summed E-state index contributed by atoms with van der Waals surface area (Å²) in [5, 5.41) is 3.11. The number of para-hydroxylation sites is 1. The number of thioether (sulfide) groups is 1. The van der Waals surface area contributed by atoms with Crippen LogP contribution in [-0.4, -0.2) is 60.4 Å². The van der Waals surface area contributed by atoms with Gasteiger partial charge in [-0.05, 0) is 23.8 Å². The van der Waals surface area contributed by atoms with Crippen LogP contribution in [0, 0.1) is 0 Å². The first-order chi connectivity index (χ1) is 15.0. The largest absolute Gasteiger partial charge is 0.339 e. The van der Waals surface area contributed by atoms with E-state index < -0.39 is 10.0 Å². The van der Waals surface area contributed by atoms with Crippen molar-refractivity contribution in [2.45, 2.75) is 5.03 Å². The summed E-state index contributed by atoms with van der Waals surface area (Å²) in [5.74, 6) is 0.281. The fraction of sp³-hybridized carbons (Fsp3) is 0.217. The molecule has 2 heterocycles. The van der Waals surface area contributed by atoms with Gasteiger partial charge in [0.15, 0.2) is 0 Å². The average molecular weight is 454 g/mol. The van der Waals surface area contributed by atoms with Crippen LogP contribution in [0.1, 0.15) is 5.56 Å². The lowest BCUT2D eigenvalue weighted by molar-refractivity contribution is -0.129. The van der Waals surface area contributed by atoms with Gasteiger partial charge in [0, 0.05) is 37.0 Å². The van der Waals surface area contributed by atoms with Crippen LogP contribution in [0.4, 0.5) is 0 Å². The topological polar surface area (TPSA) is 70.6 Å². The third kappa shape index (κ3) is 5.52. The number of carbonyl (C=O) groups is 1. The Morgan fingerprint density at radius 3 is 2.42 bits per heavy atom. The fourth-order valence-corrected chi connectivity index (χ4v) is 5.32. The molecule has 4 rings (SSSR count). The predicted molar refractivity (Wildman–Crippen MR) is 125 cm³/mol. The van der Waals surface area contributed by atoms with Crippen molar-refractivity contribution >= 4 is 44.7 Å². The molecule has 0 atom stereocenters. The summed E-state index contributed by atoms with van der Waals surface area (Å²) in [7, 11) is -3.51. The second kappa shape index (κ2) is 9.64. The van der Waals surface area contributed by atoms with Crippen molar-refractivity contribution in [3.63, 3.8) is 0 Å². The van der Waals surface area contributed by atoms with Gasteiger partial charge in [0.1, 0.15) is 0 Å². The second-order valence-corrected chi connectivity index (χ2v) is 9.98. The standard InChI is InChI=1S/C23H23N3O3S2/c27-23(18-30-22-11-10-20-8-4-5-9-21(20)24-22)25-13-15-26(16-14-25)31(28,29)17-12-19-6-2-1-3-7-19/h1-12,17H,13-16,18H2. The monoisotopic (exact) mass is 453 g/mol. The van der Waals surface area contributed by atoms with E-state index in [1.54, 1.807) is 11.0 Å². The number of aromatic nitrogens is 1. The second-order valence-electron chi connectivity index (χ2n) is 7.17. The molecule has 31 heavy (non-hydrogen) atoms. The number of pyridine rings is 1. The van der Waals surface area contributed by atoms with E-state index in [9.17, 15) is 13.2 Å². The summed E-state index contributed by atoms with van der Waals surface area (Å²) in [5.41, 5.74) is 1.74. The van der Waals surface area contributed by atoms with E-state index in [2.05, 4.69) is 4.98 Å². The SMILES string of the molecule is O=C(CSc1ccc2ccccc2n1)N1CCN(S(=O)(=O)C=Cc2ccccc2)CC1. The Balaban J connectivity index is 1.29. The van der Waals surface area contributed by atoms with Gasteiger partial charge in [-0.2, -0.15) is 4.31 Å². The summed E-state index contributed by atoms with van der Waals surface area (Å²) in [6.45, 7) is 1.38. The zero-order valence-electron chi connectivity index (χ0n) is 16.9. The highest BCUT2D eigenvalue weighted by atomic mass is 32.2. The number of amides is 1. The summed E-state index contributed by atoms with van der Waals surface area (Å²) in [6, 6.07) is 21.1. The molecule has 160 valence electrons. The molecule has 8 heteroatoms. The quantitative estimate of drug-likeness (QED) is 0.535. The lowest BCUT2D eigenvalue weighted by Crippen LogP contribution is -2.50. The highest BCUT2D eigenvalue weighted by Crippen LogP contribution is 2.21. The van der Waals surface area contributed by atoms with Crippen LogP contribution < -0.4 is 0 Å². The van der Waals surface area contributed by atoms with E-state index in [0.29, 0.717) is 26.2 Å². The van der Waals surface area contributed by atoms with Crippen LogP contribution in [0.15, 0.2) is 77.2 Å². The molecule has 0 unspecified atom stereocenters. The number of piperazine rings is 1. The molecule has 1 amide bonds. The maximum absolute atomic E-state index is 12.6. The van der Waals surface area contributed by atoms with Crippen molar-refractivity contribution in [2.75, 3.05) is 31.9 Å². The maximum atomic E-state index is 12.6. The average Bonchev–Trinajstić information content (AvgIpc) is 2.82. The maximum Gasteiger partial charge on any atom is 0.236 e. The van der Waals surface area contributed by atoms with E-state index >= 15 is 0 Å². The lowest BCUT2D eigenvalue weighted by Gasteiger charge is -2.33. The number of hydrogen-bond donors (Lipinski definition) is 0. The molecule has 0 aliphatic carbocycles. The molecule has 1 saturated heterocycles. The fourth-order valence-electron chi connectivity index (χ4n) is 3.36. The predicted octanol–water partition coefficient (Wildman–Crippen LogP) is 3.47. The molecule has 1 fully saturated rings. The molecule has 0 bridgehead atoms. The van der Waals surface area contributed by atoms with Gasteiger partial charge in [0.25, 0.3) is 0 Å². The van der Waals surface area contributed by atoms with Crippen LogP contribution in [0.5, 0.6) is 0 Å². The van der Waals surface area contributed by atoms with Crippen LogP contribution in [0.3, 0.4) is 0 Å². The molecule has 0 spiro atoms. The van der Waals surface area contributed by atoms with Crippen molar-refractivity contribution in [3.05, 3.63) is 77.7 Å². The van der Waals surface area contributed by atoms with Gasteiger partial charge in [0.05, 0.1) is 16.3 Å². The third-order valence-electron chi connectivity index (χ3n) is 5.10. The number of hydrogen-bond acceptors (Lipinski definition) is 5. The molecule has 1 aliphatic heterocycles. The summed E-state index contributed by atoms with van der Waals surface area (Å²) < 4.78 is 26.6. The van der Waals surface area contributed by atoms with Gasteiger partial charge in [-0.25, -0.2) is 13.4 Å². The summed E-state index contributed by atoms with van der Waals surface area (Å²) in [6.07, 6.45) is 1.60. The van der Waals surface area contributed by atoms with Crippen molar-refractivity contribution < 1.29 is 13.2 Å². The summed E-state index contributed by atoms with van der Waals surface area (Å²) >= 11 is 1.40. The minimum absolute atomic E-state index is 0.00293. The minimum Gasteiger partial charge on any atom is -0.339 e. The molecule has 6 nitrogen and oxygen atoms in total. The van der Waals surface area contributed by atoms with E-state index in [4.69, 9.17) is 0 Å². The Labute approximate surface area is 186 Å². The molecule has 2 aromatic carbocycles. The lowest BCUT2D eigenvalue weighted by atomic mass is 10.2. The number of benzene rings is 2. The highest BCUT2D eigenvalue weighted by molar-refractivity contribution is 7.99. The first kappa shape index (κ1) is 21.5. The van der Waals surface area contributed by atoms with E-state index in [1.807, 2.05) is 66.7 Å². The van der Waals surface area contributed by atoms with Gasteiger partial charge in [0.2, 0.25) is 15.9 Å². The zero-order valence-corrected chi connectivity index (χ0v) is 18.6. The van der Waals surface area contributed by atoms with Gasteiger partial charge >= 0.3 is 0 Å². The number of carbonyl (C=O) groups excluding carboxylic acids is 1. The Morgan fingerprint density at radius 2 is 1.65 bits per heavy atom. The van der Waals surface area contributed by atoms with E-state index in [1.165, 1.54) is 21.5 Å². The zero-order chi connectivity index (χ0) is 21.7. The van der Waals surface area contributed by atoms with E-state index in [0.717, 1.165) is 21.5 Å². The van der Waals surface area contributed by atoms with Crippen LogP contribution in [0.2, 0.25) is 0 Å². The Bertz CT molecular complexity index is 1190. The van der Waals surface area contributed by atoms with E-state index in [-0.39, 0.29) is 11.7 Å². The Kier molecular flexibility index (Phi) is 6.70. The molecule has 3 aromatic rings. The number of sulfonamides is 1. The molecular formula is C23H23N3O3S2. The van der Waals surface area contributed by atoms with Gasteiger partial charge in [-0.1, -0.05) is 66.4 Å². The summed E-state index contributed by atoms with van der Waals surface area (Å²) in [4.78, 5) is 18.9. The smallest absolute Gasteiger partial charge is 0.236 e. The number of nitrogens with zero attached hydrogens (tertiary/aromatic N) is 3. The van der Waals surface area contributed by atoms with Crippen molar-refractivity contribution in [2.24, 2.45) is 0 Å². The minimum atomic E-state index is -3.51. The first-order valence-electron chi connectivity index (χ1n) is 10.0. The Hall–Kier alpha value is -2.68. The number of rotatable bonds is 6. The molecule has 0 saturated carbocycles. The molecule has 1 aliphatic rings. The van der Waals surface area contributed by atoms with Gasteiger partial charge < -0.3 is 4.90 Å². The van der Waals surface area contributed by atoms with Crippen LogP contribution >= 0.6 is 11.8 Å². The van der Waals surface area contributed by atoms with Crippen molar-refractivity contribution in [3.8, 4) is 0 Å². The van der Waals surface area contributed by atoms with Crippen LogP contribution in [-0.2, 0) is 14.8 Å². The normalized spacial score (nSPS) is 15.5. The van der Waals surface area contributed by atoms with Crippen molar-refractivity contribution in [1.82, 2.24) is 14.2 Å². The van der Waals surface area contributed by atoms with Crippen LogP contribution in [0.25, 0.3) is 17.0 Å². The molecule has 0 radical (unpaired) electrons. The van der Waals surface area contributed by atoms with Gasteiger partial charge in [-0.15, -0.1) is 0 Å². The third-order valence-corrected chi connectivity index (χ3v) is 7.58. The molecule has 0 N–H and O–H groups in total. The first-order valence-corrected chi connectivity index (χ1v) is 12.5. The van der Waals surface area contributed by atoms with Crippen molar-refractivity contribution in [1.29, 1.82) is 0 Å². The number of fused-ring (bicyclic) bond motifs is 1. The highest BCUT2D eigenvalue weighted by Gasteiger charge is 2.27. The Morgan fingerprint density at radius 1 is 0.935 bits per heavy atom. The molecule has 1 aromatic heterocycles. The molecular weight excluding hydrogens is 430 g/mol. The van der Waals surface area contributed by atoms with Gasteiger partial charge in [-0.3, -0.25) is 4.79 Å².